The van der Waals surface area contributed by atoms with Gasteiger partial charge in [0.25, 0.3) is 5.91 Å². The van der Waals surface area contributed by atoms with E-state index in [0.717, 1.165) is 42.6 Å². The van der Waals surface area contributed by atoms with Crippen LogP contribution in [0.3, 0.4) is 0 Å². The van der Waals surface area contributed by atoms with Gasteiger partial charge in [-0.15, -0.1) is 11.3 Å². The van der Waals surface area contributed by atoms with Gasteiger partial charge in [-0.1, -0.05) is 48.5 Å². The van der Waals surface area contributed by atoms with Crippen molar-refractivity contribution in [3.05, 3.63) is 81.6 Å². The first-order chi connectivity index (χ1) is 15.5. The number of rotatable bonds is 6. The van der Waals surface area contributed by atoms with E-state index in [0.29, 0.717) is 4.80 Å². The number of thiazole rings is 1. The summed E-state index contributed by atoms with van der Waals surface area (Å²) >= 11 is 1.56. The van der Waals surface area contributed by atoms with Crippen LogP contribution in [0.25, 0.3) is 0 Å². The standard InChI is InChI=1S/C26H29N3O2S/c1-19(2)29(21-13-7-4-8-14-21)25(31)18-28-22-15-9-10-16-23(22)32-26(28)27-24(30)17-20-11-5-3-6-12-20/h3-8,11-14,19H,9-10,15-18H2,1-2H3. The van der Waals surface area contributed by atoms with Crippen LogP contribution in [-0.2, 0) is 35.4 Å². The van der Waals surface area contributed by atoms with Crippen LogP contribution in [0.2, 0.25) is 0 Å². The maximum Gasteiger partial charge on any atom is 0.252 e. The zero-order chi connectivity index (χ0) is 22.5. The summed E-state index contributed by atoms with van der Waals surface area (Å²) in [6.07, 6.45) is 4.42. The molecule has 0 saturated heterocycles. The largest absolute Gasteiger partial charge is 0.311 e. The number of carbonyl (C=O) groups is 2. The number of fused-ring (bicyclic) bond motifs is 1. The molecule has 0 aliphatic heterocycles. The Labute approximate surface area is 193 Å². The fraction of sp³-hybridized carbons (Fsp3) is 0.346. The average Bonchev–Trinajstić information content (AvgIpc) is 3.11. The van der Waals surface area contributed by atoms with Gasteiger partial charge in [0.1, 0.15) is 6.54 Å². The molecule has 0 fully saturated rings. The molecule has 0 N–H and O–H groups in total. The number of carbonyl (C=O) groups excluding carboxylic acids is 2. The van der Waals surface area contributed by atoms with Crippen molar-refractivity contribution >= 4 is 28.8 Å². The molecule has 0 bridgehead atoms. The van der Waals surface area contributed by atoms with Gasteiger partial charge in [0, 0.05) is 22.3 Å². The van der Waals surface area contributed by atoms with Crippen LogP contribution >= 0.6 is 11.3 Å². The summed E-state index contributed by atoms with van der Waals surface area (Å²) < 4.78 is 1.99. The van der Waals surface area contributed by atoms with Gasteiger partial charge in [-0.2, -0.15) is 4.99 Å². The molecule has 0 radical (unpaired) electrons. The topological polar surface area (TPSA) is 54.7 Å². The quantitative estimate of drug-likeness (QED) is 0.557. The second kappa shape index (κ2) is 10.1. The third-order valence-electron chi connectivity index (χ3n) is 5.69. The number of amides is 2. The maximum absolute atomic E-state index is 13.5. The normalized spacial score (nSPS) is 13.8. The smallest absolute Gasteiger partial charge is 0.252 e. The maximum atomic E-state index is 13.5. The van der Waals surface area contributed by atoms with Crippen LogP contribution in [0.1, 0.15) is 42.8 Å². The third kappa shape index (κ3) is 5.07. The van der Waals surface area contributed by atoms with Gasteiger partial charge in [0.2, 0.25) is 5.91 Å². The number of benzene rings is 2. The van der Waals surface area contributed by atoms with E-state index >= 15 is 0 Å². The Bertz CT molecular complexity index is 1150. The zero-order valence-corrected chi connectivity index (χ0v) is 19.5. The van der Waals surface area contributed by atoms with Crippen LogP contribution < -0.4 is 9.70 Å². The van der Waals surface area contributed by atoms with Crippen molar-refractivity contribution in [2.45, 2.75) is 58.5 Å². The van der Waals surface area contributed by atoms with Crippen molar-refractivity contribution in [2.24, 2.45) is 4.99 Å². The molecule has 1 aliphatic carbocycles. The molecule has 2 amide bonds. The van der Waals surface area contributed by atoms with Gasteiger partial charge < -0.3 is 9.47 Å². The molecule has 0 spiro atoms. The first-order valence-corrected chi connectivity index (χ1v) is 12.0. The highest BCUT2D eigenvalue weighted by Gasteiger charge is 2.24. The fourth-order valence-corrected chi connectivity index (χ4v) is 5.46. The van der Waals surface area contributed by atoms with Crippen LogP contribution in [0, 0.1) is 0 Å². The van der Waals surface area contributed by atoms with Crippen LogP contribution in [0.5, 0.6) is 0 Å². The predicted octanol–water partition coefficient (Wildman–Crippen LogP) is 4.54. The lowest BCUT2D eigenvalue weighted by atomic mass is 10.0. The molecule has 0 unspecified atom stereocenters. The first-order valence-electron chi connectivity index (χ1n) is 11.2. The van der Waals surface area contributed by atoms with Gasteiger partial charge in [-0.3, -0.25) is 9.59 Å². The molecule has 0 saturated carbocycles. The molecule has 2 aromatic carbocycles. The summed E-state index contributed by atoms with van der Waals surface area (Å²) in [7, 11) is 0. The molecule has 1 heterocycles. The summed E-state index contributed by atoms with van der Waals surface area (Å²) in [5.74, 6) is -0.172. The lowest BCUT2D eigenvalue weighted by Gasteiger charge is -2.27. The van der Waals surface area contributed by atoms with E-state index in [2.05, 4.69) is 4.99 Å². The molecule has 1 aromatic heterocycles. The third-order valence-corrected chi connectivity index (χ3v) is 6.87. The highest BCUT2D eigenvalue weighted by atomic mass is 32.1. The van der Waals surface area contributed by atoms with Crippen molar-refractivity contribution < 1.29 is 9.59 Å². The first kappa shape index (κ1) is 22.2. The summed E-state index contributed by atoms with van der Waals surface area (Å²) in [5.41, 5.74) is 2.99. The van der Waals surface area contributed by atoms with Crippen LogP contribution in [-0.4, -0.2) is 22.4 Å². The zero-order valence-electron chi connectivity index (χ0n) is 18.7. The number of aromatic nitrogens is 1. The van der Waals surface area contributed by atoms with Gasteiger partial charge >= 0.3 is 0 Å². The second-order valence-electron chi connectivity index (χ2n) is 8.41. The highest BCUT2D eigenvalue weighted by Crippen LogP contribution is 2.24. The Morgan fingerprint density at radius 2 is 1.66 bits per heavy atom. The summed E-state index contributed by atoms with van der Waals surface area (Å²) in [4.78, 5) is 34.4. The van der Waals surface area contributed by atoms with E-state index in [4.69, 9.17) is 0 Å². The SMILES string of the molecule is CC(C)N(C(=O)Cn1c2c(sc1=NC(=O)Cc1ccccc1)CCCC2)c1ccccc1. The minimum Gasteiger partial charge on any atom is -0.311 e. The number of aryl methyl sites for hydroxylation is 1. The molecule has 3 aromatic rings. The summed E-state index contributed by atoms with van der Waals surface area (Å²) in [6, 6.07) is 19.4. The molecule has 4 rings (SSSR count). The molecule has 1 aliphatic rings. The molecule has 32 heavy (non-hydrogen) atoms. The summed E-state index contributed by atoms with van der Waals surface area (Å²) in [5, 5.41) is 0. The van der Waals surface area contributed by atoms with E-state index in [-0.39, 0.29) is 30.8 Å². The molecular formula is C26H29N3O2S. The van der Waals surface area contributed by atoms with Crippen molar-refractivity contribution in [1.82, 2.24) is 4.57 Å². The summed E-state index contributed by atoms with van der Waals surface area (Å²) in [6.45, 7) is 4.23. The van der Waals surface area contributed by atoms with E-state index in [1.807, 2.05) is 84.0 Å². The average molecular weight is 448 g/mol. The monoisotopic (exact) mass is 447 g/mol. The minimum absolute atomic E-state index is 0.00864. The van der Waals surface area contributed by atoms with E-state index in [1.54, 1.807) is 11.3 Å². The van der Waals surface area contributed by atoms with Crippen LogP contribution in [0.4, 0.5) is 5.69 Å². The van der Waals surface area contributed by atoms with Gasteiger partial charge in [0.05, 0.1) is 6.42 Å². The Kier molecular flexibility index (Phi) is 7.00. The van der Waals surface area contributed by atoms with E-state index in [1.165, 1.54) is 4.88 Å². The lowest BCUT2D eigenvalue weighted by Crippen LogP contribution is -2.41. The van der Waals surface area contributed by atoms with Gasteiger partial charge in [0.15, 0.2) is 4.80 Å². The van der Waals surface area contributed by atoms with Crippen molar-refractivity contribution in [3.63, 3.8) is 0 Å². The number of hydrogen-bond acceptors (Lipinski definition) is 3. The van der Waals surface area contributed by atoms with Crippen molar-refractivity contribution in [3.8, 4) is 0 Å². The lowest BCUT2D eigenvalue weighted by molar-refractivity contribution is -0.120. The Morgan fingerprint density at radius 1 is 1.00 bits per heavy atom. The van der Waals surface area contributed by atoms with E-state index in [9.17, 15) is 9.59 Å². The molecule has 166 valence electrons. The number of anilines is 1. The minimum atomic E-state index is -0.181. The highest BCUT2D eigenvalue weighted by molar-refractivity contribution is 7.09. The Balaban J connectivity index is 1.66. The number of para-hydroxylation sites is 1. The van der Waals surface area contributed by atoms with Gasteiger partial charge in [-0.25, -0.2) is 0 Å². The van der Waals surface area contributed by atoms with Crippen molar-refractivity contribution in [1.29, 1.82) is 0 Å². The molecule has 6 heteroatoms. The Hall–Kier alpha value is -2.99. The fourth-order valence-electron chi connectivity index (χ4n) is 4.23. The Morgan fingerprint density at radius 3 is 2.34 bits per heavy atom. The molecule has 5 nitrogen and oxygen atoms in total. The van der Waals surface area contributed by atoms with Crippen molar-refractivity contribution in [2.75, 3.05) is 4.90 Å². The second-order valence-corrected chi connectivity index (χ2v) is 9.47. The molecule has 0 atom stereocenters. The predicted molar refractivity (Wildman–Crippen MR) is 129 cm³/mol. The van der Waals surface area contributed by atoms with Crippen LogP contribution in [0.15, 0.2) is 65.7 Å². The van der Waals surface area contributed by atoms with Gasteiger partial charge in [-0.05, 0) is 57.2 Å². The molecular weight excluding hydrogens is 418 g/mol. The number of nitrogens with zero attached hydrogens (tertiary/aromatic N) is 3. The van der Waals surface area contributed by atoms with E-state index < -0.39 is 0 Å². The number of hydrogen-bond donors (Lipinski definition) is 0.